The predicted octanol–water partition coefficient (Wildman–Crippen LogP) is 3.63. The zero-order chi connectivity index (χ0) is 22.8. The van der Waals surface area contributed by atoms with E-state index in [9.17, 15) is 9.90 Å². The summed E-state index contributed by atoms with van der Waals surface area (Å²) >= 11 is 0. The van der Waals surface area contributed by atoms with Gasteiger partial charge in [0.05, 0.1) is 10.9 Å². The molecular formula is C24H27N7O2. The van der Waals surface area contributed by atoms with Crippen molar-refractivity contribution in [1.82, 2.24) is 24.7 Å². The fourth-order valence-corrected chi connectivity index (χ4v) is 4.40. The highest BCUT2D eigenvalue weighted by molar-refractivity contribution is 6.18. The number of carbonyl (C=O) groups excluding carboxylic acids is 1. The van der Waals surface area contributed by atoms with Gasteiger partial charge in [0, 0.05) is 43.7 Å². The monoisotopic (exact) mass is 445 g/mol. The highest BCUT2D eigenvalue weighted by Crippen LogP contribution is 2.32. The number of aromatic amines is 1. The fraction of sp³-hybridized carbons (Fsp3) is 0.333. The number of ketones is 1. The lowest BCUT2D eigenvalue weighted by Gasteiger charge is -2.28. The molecule has 0 aliphatic heterocycles. The van der Waals surface area contributed by atoms with Crippen LogP contribution in [0, 0.1) is 5.92 Å². The summed E-state index contributed by atoms with van der Waals surface area (Å²) in [6.45, 7) is 0.232. The molecule has 1 fully saturated rings. The van der Waals surface area contributed by atoms with Gasteiger partial charge in [0.1, 0.15) is 11.5 Å². The van der Waals surface area contributed by atoms with Gasteiger partial charge < -0.3 is 20.7 Å². The average Bonchev–Trinajstić information content (AvgIpc) is 3.45. The molecule has 0 spiro atoms. The number of aliphatic hydroxyl groups is 1. The number of aryl methyl sites for hydroxylation is 1. The first-order chi connectivity index (χ1) is 16.1. The van der Waals surface area contributed by atoms with E-state index in [2.05, 4.69) is 25.7 Å². The molecule has 1 saturated carbocycles. The van der Waals surface area contributed by atoms with Gasteiger partial charge in [-0.1, -0.05) is 30.3 Å². The predicted molar refractivity (Wildman–Crippen MR) is 127 cm³/mol. The minimum absolute atomic E-state index is 0.0806. The Bertz CT molecular complexity index is 1260. The topological polar surface area (TPSA) is 121 Å². The molecule has 1 aromatic carbocycles. The maximum atomic E-state index is 13.3. The molecule has 9 heteroatoms. The lowest BCUT2D eigenvalue weighted by Crippen LogP contribution is -2.28. The second-order valence-corrected chi connectivity index (χ2v) is 8.56. The van der Waals surface area contributed by atoms with Crippen LogP contribution in [0.15, 0.2) is 48.8 Å². The molecule has 0 unspecified atom stereocenters. The van der Waals surface area contributed by atoms with Crippen LogP contribution in [0.1, 0.15) is 41.6 Å². The number of hydrogen-bond acceptors (Lipinski definition) is 7. The van der Waals surface area contributed by atoms with E-state index in [0.29, 0.717) is 45.7 Å². The van der Waals surface area contributed by atoms with E-state index in [1.807, 2.05) is 49.6 Å². The fourth-order valence-electron chi connectivity index (χ4n) is 4.40. The SMILES string of the molecule is Cn1ccc(Nc2nc(NC3CCC(CO)CC3)c3c(C(=O)c4ccccc4)c[nH]c3n2)n1. The summed E-state index contributed by atoms with van der Waals surface area (Å²) in [6.07, 6.45) is 7.34. The summed E-state index contributed by atoms with van der Waals surface area (Å²) < 4.78 is 1.70. The number of aliphatic hydroxyl groups excluding tert-OH is 1. The standard InChI is InChI=1S/C24H27N7O2/c1-31-12-11-19(30-31)27-24-28-22-20(18(13-25-22)21(33)16-5-3-2-4-6-16)23(29-24)26-17-9-7-15(14-32)8-10-17/h2-6,11-13,15,17,32H,7-10,14H2,1H3,(H3,25,26,27,28,29,30). The molecule has 4 aromatic rings. The summed E-state index contributed by atoms with van der Waals surface area (Å²) in [5, 5.41) is 21.2. The molecule has 33 heavy (non-hydrogen) atoms. The first-order valence-corrected chi connectivity index (χ1v) is 11.2. The van der Waals surface area contributed by atoms with Crippen LogP contribution in [0.4, 0.5) is 17.6 Å². The van der Waals surface area contributed by atoms with Gasteiger partial charge in [-0.05, 0) is 31.6 Å². The number of rotatable bonds is 7. The Morgan fingerprint density at radius 2 is 1.94 bits per heavy atom. The Hall–Kier alpha value is -3.72. The van der Waals surface area contributed by atoms with Crippen molar-refractivity contribution < 1.29 is 9.90 Å². The van der Waals surface area contributed by atoms with E-state index in [-0.39, 0.29) is 18.4 Å². The minimum atomic E-state index is -0.0806. The van der Waals surface area contributed by atoms with Crippen LogP contribution in [-0.4, -0.2) is 48.3 Å². The van der Waals surface area contributed by atoms with Crippen molar-refractivity contribution in [2.45, 2.75) is 31.7 Å². The van der Waals surface area contributed by atoms with E-state index in [1.54, 1.807) is 10.9 Å². The second kappa shape index (κ2) is 9.03. The molecule has 4 N–H and O–H groups in total. The number of fused-ring (bicyclic) bond motifs is 1. The van der Waals surface area contributed by atoms with Gasteiger partial charge in [0.2, 0.25) is 5.95 Å². The highest BCUT2D eigenvalue weighted by Gasteiger charge is 2.24. The maximum Gasteiger partial charge on any atom is 0.232 e. The van der Waals surface area contributed by atoms with E-state index < -0.39 is 0 Å². The van der Waals surface area contributed by atoms with Crippen LogP contribution < -0.4 is 10.6 Å². The molecule has 1 aliphatic rings. The summed E-state index contributed by atoms with van der Waals surface area (Å²) in [6, 6.07) is 11.3. The van der Waals surface area contributed by atoms with E-state index in [1.165, 1.54) is 0 Å². The molecule has 1 aliphatic carbocycles. The van der Waals surface area contributed by atoms with Gasteiger partial charge in [-0.15, -0.1) is 0 Å². The number of nitrogens with one attached hydrogen (secondary N) is 3. The van der Waals surface area contributed by atoms with Crippen molar-refractivity contribution in [2.75, 3.05) is 17.2 Å². The number of carbonyl (C=O) groups is 1. The molecule has 0 saturated heterocycles. The van der Waals surface area contributed by atoms with Crippen molar-refractivity contribution in [3.05, 3.63) is 59.9 Å². The number of benzene rings is 1. The first-order valence-electron chi connectivity index (χ1n) is 11.2. The van der Waals surface area contributed by atoms with Crippen molar-refractivity contribution in [3.8, 4) is 0 Å². The number of anilines is 3. The van der Waals surface area contributed by atoms with Gasteiger partial charge in [-0.3, -0.25) is 9.48 Å². The van der Waals surface area contributed by atoms with E-state index >= 15 is 0 Å². The van der Waals surface area contributed by atoms with Crippen molar-refractivity contribution >= 4 is 34.4 Å². The largest absolute Gasteiger partial charge is 0.396 e. The number of aromatic nitrogens is 5. The van der Waals surface area contributed by atoms with Gasteiger partial charge in [-0.2, -0.15) is 15.1 Å². The summed E-state index contributed by atoms with van der Waals surface area (Å²) in [5.74, 6) is 1.93. The van der Waals surface area contributed by atoms with Crippen LogP contribution >= 0.6 is 0 Å². The number of hydrogen-bond donors (Lipinski definition) is 4. The third kappa shape index (κ3) is 4.45. The Morgan fingerprint density at radius 1 is 1.15 bits per heavy atom. The zero-order valence-corrected chi connectivity index (χ0v) is 18.5. The number of nitrogens with zero attached hydrogens (tertiary/aromatic N) is 4. The van der Waals surface area contributed by atoms with Crippen molar-refractivity contribution in [3.63, 3.8) is 0 Å². The molecule has 0 atom stereocenters. The Morgan fingerprint density at radius 3 is 2.64 bits per heavy atom. The molecule has 170 valence electrons. The molecular weight excluding hydrogens is 418 g/mol. The lowest BCUT2D eigenvalue weighted by atomic mass is 9.86. The number of H-pyrrole nitrogens is 1. The summed E-state index contributed by atoms with van der Waals surface area (Å²) in [5.41, 5.74) is 1.73. The molecule has 3 heterocycles. The molecule has 5 rings (SSSR count). The highest BCUT2D eigenvalue weighted by atomic mass is 16.3. The van der Waals surface area contributed by atoms with Crippen LogP contribution in [0.3, 0.4) is 0 Å². The van der Waals surface area contributed by atoms with Gasteiger partial charge in [0.25, 0.3) is 0 Å². The summed E-state index contributed by atoms with van der Waals surface area (Å²) in [7, 11) is 1.84. The third-order valence-corrected chi connectivity index (χ3v) is 6.21. The van der Waals surface area contributed by atoms with Gasteiger partial charge >= 0.3 is 0 Å². The Balaban J connectivity index is 1.52. The van der Waals surface area contributed by atoms with Crippen molar-refractivity contribution in [2.24, 2.45) is 13.0 Å². The third-order valence-electron chi connectivity index (χ3n) is 6.21. The molecule has 3 aromatic heterocycles. The lowest BCUT2D eigenvalue weighted by molar-refractivity contribution is 0.104. The maximum absolute atomic E-state index is 13.3. The zero-order valence-electron chi connectivity index (χ0n) is 18.5. The Kier molecular flexibility index (Phi) is 5.78. The second-order valence-electron chi connectivity index (χ2n) is 8.56. The normalized spacial score (nSPS) is 18.4. The summed E-state index contributed by atoms with van der Waals surface area (Å²) in [4.78, 5) is 25.8. The molecule has 9 nitrogen and oxygen atoms in total. The molecule has 0 amide bonds. The molecule has 0 radical (unpaired) electrons. The molecule has 0 bridgehead atoms. The van der Waals surface area contributed by atoms with Gasteiger partial charge in [0.15, 0.2) is 11.6 Å². The van der Waals surface area contributed by atoms with Gasteiger partial charge in [-0.25, -0.2) is 0 Å². The van der Waals surface area contributed by atoms with E-state index in [4.69, 9.17) is 4.98 Å². The average molecular weight is 446 g/mol. The van der Waals surface area contributed by atoms with Crippen LogP contribution in [0.5, 0.6) is 0 Å². The smallest absolute Gasteiger partial charge is 0.232 e. The van der Waals surface area contributed by atoms with Crippen molar-refractivity contribution in [1.29, 1.82) is 0 Å². The minimum Gasteiger partial charge on any atom is -0.396 e. The van der Waals surface area contributed by atoms with Crippen LogP contribution in [-0.2, 0) is 7.05 Å². The van der Waals surface area contributed by atoms with Crippen LogP contribution in [0.25, 0.3) is 11.0 Å². The Labute approximate surface area is 191 Å². The van der Waals surface area contributed by atoms with E-state index in [0.717, 1.165) is 25.7 Å². The van der Waals surface area contributed by atoms with Crippen LogP contribution in [0.2, 0.25) is 0 Å². The quantitative estimate of drug-likeness (QED) is 0.321. The first kappa shape index (κ1) is 21.1.